The maximum atomic E-state index is 11.7. The third-order valence-electron chi connectivity index (χ3n) is 2.62. The van der Waals surface area contributed by atoms with Gasteiger partial charge in [-0.3, -0.25) is 4.79 Å². The van der Waals surface area contributed by atoms with E-state index in [9.17, 15) is 4.79 Å². The predicted molar refractivity (Wildman–Crippen MR) is 66.0 cm³/mol. The monoisotopic (exact) mass is 240 g/mol. The van der Waals surface area contributed by atoms with Crippen LogP contribution in [0.4, 0.5) is 0 Å². The van der Waals surface area contributed by atoms with Crippen molar-refractivity contribution in [3.05, 3.63) is 29.3 Å². The number of carbonyl (C=O) groups excluding carboxylic acids is 1. The Morgan fingerprint density at radius 1 is 1.38 bits per heavy atom. The van der Waals surface area contributed by atoms with Crippen molar-refractivity contribution in [2.45, 2.75) is 26.7 Å². The molecule has 0 bridgehead atoms. The summed E-state index contributed by atoms with van der Waals surface area (Å²) in [4.78, 5) is 11.7. The number of rotatable bonds is 6. The Balaban J connectivity index is 2.48. The summed E-state index contributed by atoms with van der Waals surface area (Å²) in [5.74, 6) is 0.913. The van der Waals surface area contributed by atoms with Crippen molar-refractivity contribution in [3.63, 3.8) is 0 Å². The minimum absolute atomic E-state index is 0.110. The first-order valence-electron chi connectivity index (χ1n) is 5.58. The summed E-state index contributed by atoms with van der Waals surface area (Å²) in [5, 5.41) is 0.618. The highest BCUT2D eigenvalue weighted by Gasteiger charge is 2.14. The second-order valence-electron chi connectivity index (χ2n) is 3.73. The van der Waals surface area contributed by atoms with E-state index in [4.69, 9.17) is 16.3 Å². The first kappa shape index (κ1) is 13.0. The summed E-state index contributed by atoms with van der Waals surface area (Å²) in [6, 6.07) is 7.09. The van der Waals surface area contributed by atoms with Gasteiger partial charge in [0, 0.05) is 10.9 Å². The average molecular weight is 241 g/mol. The molecule has 1 rings (SSSR count). The Morgan fingerprint density at radius 2 is 2.06 bits per heavy atom. The highest BCUT2D eigenvalue weighted by molar-refractivity contribution is 6.30. The zero-order valence-electron chi connectivity index (χ0n) is 9.70. The lowest BCUT2D eigenvalue weighted by molar-refractivity contribution is -0.125. The van der Waals surface area contributed by atoms with E-state index in [1.54, 1.807) is 24.3 Å². The lowest BCUT2D eigenvalue weighted by atomic mass is 9.99. The fraction of sp³-hybridized carbons (Fsp3) is 0.462. The van der Waals surface area contributed by atoms with Crippen LogP contribution in [0.25, 0.3) is 0 Å². The number of hydrogen-bond donors (Lipinski definition) is 0. The smallest absolute Gasteiger partial charge is 0.173 e. The number of carbonyl (C=O) groups is 1. The van der Waals surface area contributed by atoms with Crippen LogP contribution in [-0.4, -0.2) is 12.4 Å². The second-order valence-corrected chi connectivity index (χ2v) is 4.16. The summed E-state index contributed by atoms with van der Waals surface area (Å²) in [5.41, 5.74) is 0. The summed E-state index contributed by atoms with van der Waals surface area (Å²) >= 11 is 5.81. The van der Waals surface area contributed by atoms with E-state index in [1.165, 1.54) is 0 Å². The first-order chi connectivity index (χ1) is 7.67. The van der Waals surface area contributed by atoms with Crippen LogP contribution in [0.15, 0.2) is 24.3 Å². The van der Waals surface area contributed by atoms with Gasteiger partial charge in [-0.15, -0.1) is 0 Å². The zero-order valence-corrected chi connectivity index (χ0v) is 10.5. The van der Waals surface area contributed by atoms with Crippen LogP contribution in [0.5, 0.6) is 5.75 Å². The molecule has 3 heteroatoms. The highest BCUT2D eigenvalue weighted by Crippen LogP contribution is 2.18. The molecule has 0 aliphatic heterocycles. The van der Waals surface area contributed by atoms with Crippen molar-refractivity contribution in [2.75, 3.05) is 6.61 Å². The lowest BCUT2D eigenvalue weighted by Gasteiger charge is -2.11. The van der Waals surface area contributed by atoms with Crippen molar-refractivity contribution in [1.82, 2.24) is 0 Å². The molecule has 0 fully saturated rings. The summed E-state index contributed by atoms with van der Waals surface area (Å²) in [6.45, 7) is 4.17. The Kier molecular flexibility index (Phi) is 5.33. The summed E-state index contributed by atoms with van der Waals surface area (Å²) in [7, 11) is 0. The van der Waals surface area contributed by atoms with Crippen molar-refractivity contribution >= 4 is 17.4 Å². The molecule has 1 aromatic carbocycles. The topological polar surface area (TPSA) is 26.3 Å². The molecule has 88 valence electrons. The second kappa shape index (κ2) is 6.54. The van der Waals surface area contributed by atoms with E-state index in [0.29, 0.717) is 10.8 Å². The first-order valence-corrected chi connectivity index (χ1v) is 5.96. The Bertz CT molecular complexity index is 346. The SMILES string of the molecule is CCC(CC)C(=O)COc1cccc(Cl)c1. The van der Waals surface area contributed by atoms with E-state index < -0.39 is 0 Å². The number of ether oxygens (including phenoxy) is 1. The highest BCUT2D eigenvalue weighted by atomic mass is 35.5. The number of halogens is 1. The summed E-state index contributed by atoms with van der Waals surface area (Å²) < 4.78 is 5.40. The van der Waals surface area contributed by atoms with E-state index in [1.807, 2.05) is 13.8 Å². The molecule has 0 radical (unpaired) electrons. The number of benzene rings is 1. The van der Waals surface area contributed by atoms with Gasteiger partial charge in [0.15, 0.2) is 5.78 Å². The largest absolute Gasteiger partial charge is 0.486 e. The Hall–Kier alpha value is -1.02. The van der Waals surface area contributed by atoms with Gasteiger partial charge in [-0.2, -0.15) is 0 Å². The minimum atomic E-state index is 0.110. The quantitative estimate of drug-likeness (QED) is 0.758. The van der Waals surface area contributed by atoms with Crippen LogP contribution in [0.3, 0.4) is 0 Å². The standard InChI is InChI=1S/C13H17ClO2/c1-3-10(4-2)13(15)9-16-12-7-5-6-11(14)8-12/h5-8,10H,3-4,9H2,1-2H3. The van der Waals surface area contributed by atoms with Crippen LogP contribution in [0.2, 0.25) is 5.02 Å². The van der Waals surface area contributed by atoms with Crippen LogP contribution in [0, 0.1) is 5.92 Å². The predicted octanol–water partition coefficient (Wildman–Crippen LogP) is 3.72. The third kappa shape index (κ3) is 3.86. The lowest BCUT2D eigenvalue weighted by Crippen LogP contribution is -2.20. The van der Waals surface area contributed by atoms with Crippen LogP contribution in [-0.2, 0) is 4.79 Å². The van der Waals surface area contributed by atoms with Crippen molar-refractivity contribution in [1.29, 1.82) is 0 Å². The molecule has 0 aliphatic carbocycles. The molecule has 1 aromatic rings. The fourth-order valence-corrected chi connectivity index (χ4v) is 1.75. The van der Waals surface area contributed by atoms with Crippen molar-refractivity contribution in [2.24, 2.45) is 5.92 Å². The zero-order chi connectivity index (χ0) is 12.0. The van der Waals surface area contributed by atoms with Gasteiger partial charge in [0.25, 0.3) is 0 Å². The average Bonchev–Trinajstić information content (AvgIpc) is 2.28. The molecule has 0 N–H and O–H groups in total. The van der Waals surface area contributed by atoms with E-state index in [0.717, 1.165) is 12.8 Å². The molecule has 16 heavy (non-hydrogen) atoms. The van der Waals surface area contributed by atoms with E-state index >= 15 is 0 Å². The van der Waals surface area contributed by atoms with Gasteiger partial charge in [0.05, 0.1) is 0 Å². The van der Waals surface area contributed by atoms with E-state index in [-0.39, 0.29) is 18.3 Å². The normalized spacial score (nSPS) is 10.5. The minimum Gasteiger partial charge on any atom is -0.486 e. The van der Waals surface area contributed by atoms with Gasteiger partial charge >= 0.3 is 0 Å². The van der Waals surface area contributed by atoms with Gasteiger partial charge < -0.3 is 4.74 Å². The molecule has 0 amide bonds. The number of ketones is 1. The molecule has 0 saturated heterocycles. The van der Waals surface area contributed by atoms with Gasteiger partial charge in [0.1, 0.15) is 12.4 Å². The van der Waals surface area contributed by atoms with Gasteiger partial charge in [-0.25, -0.2) is 0 Å². The van der Waals surface area contributed by atoms with Crippen molar-refractivity contribution < 1.29 is 9.53 Å². The molecule has 0 unspecified atom stereocenters. The third-order valence-corrected chi connectivity index (χ3v) is 2.85. The van der Waals surface area contributed by atoms with Crippen LogP contribution < -0.4 is 4.74 Å². The van der Waals surface area contributed by atoms with Crippen LogP contribution >= 0.6 is 11.6 Å². The molecule has 0 spiro atoms. The van der Waals surface area contributed by atoms with E-state index in [2.05, 4.69) is 0 Å². The molecule has 0 aromatic heterocycles. The van der Waals surface area contributed by atoms with Gasteiger partial charge in [-0.05, 0) is 31.0 Å². The molecular weight excluding hydrogens is 224 g/mol. The molecule has 0 heterocycles. The van der Waals surface area contributed by atoms with Gasteiger partial charge in [-0.1, -0.05) is 31.5 Å². The van der Waals surface area contributed by atoms with Crippen molar-refractivity contribution in [3.8, 4) is 5.75 Å². The maximum absolute atomic E-state index is 11.7. The molecular formula is C13H17ClO2. The number of Topliss-reactive ketones (excluding diaryl/α,β-unsaturated/α-hetero) is 1. The fourth-order valence-electron chi connectivity index (χ4n) is 1.57. The number of hydrogen-bond acceptors (Lipinski definition) is 2. The molecule has 0 atom stereocenters. The maximum Gasteiger partial charge on any atom is 0.173 e. The molecule has 0 saturated carbocycles. The Labute approximate surface area is 102 Å². The molecule has 0 aliphatic rings. The van der Waals surface area contributed by atoms with Gasteiger partial charge in [0.2, 0.25) is 0 Å². The molecule has 2 nitrogen and oxygen atoms in total. The Morgan fingerprint density at radius 3 is 2.62 bits per heavy atom. The summed E-state index contributed by atoms with van der Waals surface area (Å²) in [6.07, 6.45) is 1.74. The van der Waals surface area contributed by atoms with Crippen LogP contribution in [0.1, 0.15) is 26.7 Å².